The highest BCUT2D eigenvalue weighted by Gasteiger charge is 2.06. The lowest BCUT2D eigenvalue weighted by Crippen LogP contribution is -2.17. The number of rotatable bonds is 5. The molecule has 88 valence electrons. The first-order chi connectivity index (χ1) is 7.59. The zero-order chi connectivity index (χ0) is 12.0. The van der Waals surface area contributed by atoms with E-state index in [1.807, 2.05) is 31.2 Å². The van der Waals surface area contributed by atoms with Crippen LogP contribution in [0.3, 0.4) is 0 Å². The molecule has 1 unspecified atom stereocenters. The second-order valence-corrected chi connectivity index (χ2v) is 4.62. The van der Waals surface area contributed by atoms with Gasteiger partial charge in [0.15, 0.2) is 0 Å². The Bertz CT molecular complexity index is 353. The number of carbonyl (C=O) groups excluding carboxylic acids is 1. The SMILES string of the molecule is CC(N)CCC(=O)OCc1ccccc1Br. The van der Waals surface area contributed by atoms with Gasteiger partial charge in [-0.25, -0.2) is 0 Å². The van der Waals surface area contributed by atoms with Gasteiger partial charge < -0.3 is 10.5 Å². The number of esters is 1. The lowest BCUT2D eigenvalue weighted by atomic mass is 10.2. The van der Waals surface area contributed by atoms with Crippen molar-refractivity contribution in [1.82, 2.24) is 0 Å². The third-order valence-electron chi connectivity index (χ3n) is 2.15. The van der Waals surface area contributed by atoms with Crippen LogP contribution in [0.15, 0.2) is 28.7 Å². The zero-order valence-corrected chi connectivity index (χ0v) is 10.9. The number of ether oxygens (including phenoxy) is 1. The molecule has 1 aromatic carbocycles. The quantitative estimate of drug-likeness (QED) is 0.846. The lowest BCUT2D eigenvalue weighted by molar-refractivity contribution is -0.145. The van der Waals surface area contributed by atoms with Crippen LogP contribution < -0.4 is 5.73 Å². The van der Waals surface area contributed by atoms with Crippen molar-refractivity contribution in [3.05, 3.63) is 34.3 Å². The largest absolute Gasteiger partial charge is 0.461 e. The molecule has 3 nitrogen and oxygen atoms in total. The van der Waals surface area contributed by atoms with E-state index in [2.05, 4.69) is 15.9 Å². The Morgan fingerprint density at radius 2 is 2.19 bits per heavy atom. The summed E-state index contributed by atoms with van der Waals surface area (Å²) in [7, 11) is 0. The molecular weight excluding hydrogens is 270 g/mol. The molecule has 0 spiro atoms. The summed E-state index contributed by atoms with van der Waals surface area (Å²) in [5.74, 6) is -0.201. The molecule has 0 aliphatic heterocycles. The van der Waals surface area contributed by atoms with Crippen molar-refractivity contribution in [3.8, 4) is 0 Å². The second-order valence-electron chi connectivity index (χ2n) is 3.77. The first-order valence-electron chi connectivity index (χ1n) is 5.24. The molecule has 0 fully saturated rings. The van der Waals surface area contributed by atoms with E-state index in [-0.39, 0.29) is 12.0 Å². The fourth-order valence-electron chi connectivity index (χ4n) is 1.19. The molecule has 0 heterocycles. The van der Waals surface area contributed by atoms with E-state index in [1.54, 1.807) is 0 Å². The normalized spacial score (nSPS) is 12.2. The molecular formula is C12H16BrNO2. The fourth-order valence-corrected chi connectivity index (χ4v) is 1.59. The van der Waals surface area contributed by atoms with Crippen LogP contribution in [0, 0.1) is 0 Å². The fraction of sp³-hybridized carbons (Fsp3) is 0.417. The molecule has 0 aliphatic rings. The second kappa shape index (κ2) is 6.66. The van der Waals surface area contributed by atoms with E-state index in [0.717, 1.165) is 10.0 Å². The Hall–Kier alpha value is -0.870. The first-order valence-corrected chi connectivity index (χ1v) is 6.03. The maximum absolute atomic E-state index is 11.3. The van der Waals surface area contributed by atoms with Gasteiger partial charge in [0.25, 0.3) is 0 Å². The number of halogens is 1. The summed E-state index contributed by atoms with van der Waals surface area (Å²) in [6.45, 7) is 2.18. The number of nitrogens with two attached hydrogens (primary N) is 1. The zero-order valence-electron chi connectivity index (χ0n) is 9.28. The molecule has 1 rings (SSSR count). The predicted octanol–water partition coefficient (Wildman–Crippen LogP) is 2.62. The third kappa shape index (κ3) is 4.77. The van der Waals surface area contributed by atoms with Gasteiger partial charge in [0.05, 0.1) is 0 Å². The van der Waals surface area contributed by atoms with Crippen LogP contribution in [0.4, 0.5) is 0 Å². The Morgan fingerprint density at radius 3 is 2.81 bits per heavy atom. The minimum absolute atomic E-state index is 0.0380. The molecule has 2 N–H and O–H groups in total. The molecule has 0 saturated carbocycles. The lowest BCUT2D eigenvalue weighted by Gasteiger charge is -2.07. The van der Waals surface area contributed by atoms with Crippen LogP contribution in [0.5, 0.6) is 0 Å². The standard InChI is InChI=1S/C12H16BrNO2/c1-9(14)6-7-12(15)16-8-10-4-2-3-5-11(10)13/h2-5,9H,6-8,14H2,1H3. The monoisotopic (exact) mass is 285 g/mol. The molecule has 1 aromatic rings. The van der Waals surface area contributed by atoms with E-state index < -0.39 is 0 Å². The van der Waals surface area contributed by atoms with Crippen molar-refractivity contribution in [2.75, 3.05) is 0 Å². The highest BCUT2D eigenvalue weighted by Crippen LogP contribution is 2.16. The Labute approximate surface area is 104 Å². The van der Waals surface area contributed by atoms with Crippen LogP contribution in [0.2, 0.25) is 0 Å². The molecule has 0 radical (unpaired) electrons. The highest BCUT2D eigenvalue weighted by molar-refractivity contribution is 9.10. The number of hydrogen-bond acceptors (Lipinski definition) is 3. The highest BCUT2D eigenvalue weighted by atomic mass is 79.9. The first kappa shape index (κ1) is 13.2. The Morgan fingerprint density at radius 1 is 1.50 bits per heavy atom. The summed E-state index contributed by atoms with van der Waals surface area (Å²) < 4.78 is 6.09. The van der Waals surface area contributed by atoms with E-state index in [1.165, 1.54) is 0 Å². The van der Waals surface area contributed by atoms with Crippen LogP contribution in [-0.4, -0.2) is 12.0 Å². The molecule has 0 aromatic heterocycles. The summed E-state index contributed by atoms with van der Waals surface area (Å²) >= 11 is 3.40. The van der Waals surface area contributed by atoms with Crippen molar-refractivity contribution < 1.29 is 9.53 Å². The van der Waals surface area contributed by atoms with Crippen molar-refractivity contribution in [3.63, 3.8) is 0 Å². The van der Waals surface area contributed by atoms with Crippen LogP contribution >= 0.6 is 15.9 Å². The van der Waals surface area contributed by atoms with E-state index in [0.29, 0.717) is 19.4 Å². The summed E-state index contributed by atoms with van der Waals surface area (Å²) in [5.41, 5.74) is 6.53. The number of hydrogen-bond donors (Lipinski definition) is 1. The van der Waals surface area contributed by atoms with E-state index in [9.17, 15) is 4.79 Å². The molecule has 4 heteroatoms. The summed E-state index contributed by atoms with van der Waals surface area (Å²) in [6.07, 6.45) is 1.04. The van der Waals surface area contributed by atoms with Crippen LogP contribution in [0.25, 0.3) is 0 Å². The van der Waals surface area contributed by atoms with Crippen LogP contribution in [-0.2, 0) is 16.1 Å². The molecule has 16 heavy (non-hydrogen) atoms. The average Bonchev–Trinajstić information content (AvgIpc) is 2.25. The van der Waals surface area contributed by atoms with Crippen molar-refractivity contribution in [1.29, 1.82) is 0 Å². The molecule has 1 atom stereocenters. The van der Waals surface area contributed by atoms with Crippen LogP contribution in [0.1, 0.15) is 25.3 Å². The van der Waals surface area contributed by atoms with E-state index in [4.69, 9.17) is 10.5 Å². The van der Waals surface area contributed by atoms with Gasteiger partial charge in [-0.15, -0.1) is 0 Å². The van der Waals surface area contributed by atoms with Gasteiger partial charge in [0.1, 0.15) is 6.61 Å². The molecule has 0 aliphatic carbocycles. The minimum Gasteiger partial charge on any atom is -0.461 e. The number of benzene rings is 1. The topological polar surface area (TPSA) is 52.3 Å². The van der Waals surface area contributed by atoms with Gasteiger partial charge in [-0.2, -0.15) is 0 Å². The van der Waals surface area contributed by atoms with Crippen molar-refractivity contribution >= 4 is 21.9 Å². The molecule has 0 amide bonds. The number of carbonyl (C=O) groups is 1. The molecule has 0 bridgehead atoms. The van der Waals surface area contributed by atoms with E-state index >= 15 is 0 Å². The maximum atomic E-state index is 11.3. The van der Waals surface area contributed by atoms with Gasteiger partial charge in [-0.3, -0.25) is 4.79 Å². The smallest absolute Gasteiger partial charge is 0.306 e. The van der Waals surface area contributed by atoms with Gasteiger partial charge in [-0.05, 0) is 19.4 Å². The van der Waals surface area contributed by atoms with Crippen molar-refractivity contribution in [2.24, 2.45) is 5.73 Å². The Kier molecular flexibility index (Phi) is 5.49. The summed E-state index contributed by atoms with van der Waals surface area (Å²) in [6, 6.07) is 7.71. The van der Waals surface area contributed by atoms with Crippen molar-refractivity contribution in [2.45, 2.75) is 32.4 Å². The van der Waals surface area contributed by atoms with Gasteiger partial charge >= 0.3 is 5.97 Å². The van der Waals surface area contributed by atoms with Gasteiger partial charge in [0.2, 0.25) is 0 Å². The average molecular weight is 286 g/mol. The van der Waals surface area contributed by atoms with Gasteiger partial charge in [-0.1, -0.05) is 34.1 Å². The summed E-state index contributed by atoms with van der Waals surface area (Å²) in [5, 5.41) is 0. The maximum Gasteiger partial charge on any atom is 0.306 e. The predicted molar refractivity (Wildman–Crippen MR) is 66.8 cm³/mol. The minimum atomic E-state index is -0.201. The summed E-state index contributed by atoms with van der Waals surface area (Å²) in [4.78, 5) is 11.3. The third-order valence-corrected chi connectivity index (χ3v) is 2.92. The molecule has 0 saturated heterocycles. The van der Waals surface area contributed by atoms with Gasteiger partial charge in [0, 0.05) is 22.5 Å². The Balaban J connectivity index is 2.35.